The van der Waals surface area contributed by atoms with Crippen LogP contribution in [0.3, 0.4) is 0 Å². The molecule has 0 aromatic carbocycles. The predicted molar refractivity (Wildman–Crippen MR) is 68.8 cm³/mol. The van der Waals surface area contributed by atoms with E-state index in [2.05, 4.69) is 12.2 Å². The molecule has 0 bridgehead atoms. The van der Waals surface area contributed by atoms with Gasteiger partial charge in [0, 0.05) is 18.3 Å². The van der Waals surface area contributed by atoms with E-state index in [4.69, 9.17) is 11.6 Å². The van der Waals surface area contributed by atoms with Crippen LogP contribution in [0.15, 0.2) is 0 Å². The molecule has 1 aliphatic rings. The molecule has 0 radical (unpaired) electrons. The topological polar surface area (TPSA) is 29.1 Å². The summed E-state index contributed by atoms with van der Waals surface area (Å²) in [5.74, 6) is 0.846. The summed E-state index contributed by atoms with van der Waals surface area (Å²) in [6.07, 6.45) is 9.01. The van der Waals surface area contributed by atoms with Gasteiger partial charge in [0.15, 0.2) is 0 Å². The first-order chi connectivity index (χ1) is 7.72. The van der Waals surface area contributed by atoms with E-state index in [-0.39, 0.29) is 11.3 Å². The summed E-state index contributed by atoms with van der Waals surface area (Å²) in [6, 6.07) is 0. The Labute approximate surface area is 104 Å². The Morgan fingerprint density at radius 2 is 2.06 bits per heavy atom. The molecule has 3 heteroatoms. The first-order valence-electron chi connectivity index (χ1n) is 6.63. The van der Waals surface area contributed by atoms with Crippen LogP contribution in [-0.4, -0.2) is 17.8 Å². The fourth-order valence-corrected chi connectivity index (χ4v) is 2.41. The molecule has 1 unspecified atom stereocenters. The zero-order valence-corrected chi connectivity index (χ0v) is 11.1. The van der Waals surface area contributed by atoms with Gasteiger partial charge in [-0.15, -0.1) is 11.6 Å². The van der Waals surface area contributed by atoms with Crippen molar-refractivity contribution < 1.29 is 4.79 Å². The van der Waals surface area contributed by atoms with Gasteiger partial charge >= 0.3 is 0 Å². The minimum atomic E-state index is 0.204. The number of rotatable bonds is 6. The Morgan fingerprint density at radius 1 is 1.38 bits per heavy atom. The van der Waals surface area contributed by atoms with Crippen LogP contribution in [0, 0.1) is 5.92 Å². The summed E-state index contributed by atoms with van der Waals surface area (Å²) in [5, 5.41) is 3.18. The second-order valence-corrected chi connectivity index (χ2v) is 5.47. The number of amides is 1. The molecule has 1 fully saturated rings. The Bertz CT molecular complexity index is 202. The van der Waals surface area contributed by atoms with Gasteiger partial charge in [0.25, 0.3) is 0 Å². The van der Waals surface area contributed by atoms with E-state index in [0.29, 0.717) is 5.92 Å². The highest BCUT2D eigenvalue weighted by atomic mass is 35.5. The molecule has 1 saturated carbocycles. The van der Waals surface area contributed by atoms with E-state index >= 15 is 0 Å². The molecule has 0 spiro atoms. The summed E-state index contributed by atoms with van der Waals surface area (Å²) >= 11 is 5.99. The molecule has 1 atom stereocenters. The third-order valence-electron chi connectivity index (χ3n) is 3.42. The Balaban J connectivity index is 2.05. The van der Waals surface area contributed by atoms with Gasteiger partial charge in [-0.25, -0.2) is 0 Å². The molecule has 16 heavy (non-hydrogen) atoms. The molecule has 0 aromatic rings. The van der Waals surface area contributed by atoms with Crippen molar-refractivity contribution >= 4 is 17.5 Å². The molecule has 0 heterocycles. The van der Waals surface area contributed by atoms with E-state index in [9.17, 15) is 4.79 Å². The SMILES string of the molecule is CCC(Cl)CCNC(=O)CC1CCCCC1. The minimum Gasteiger partial charge on any atom is -0.356 e. The maximum Gasteiger partial charge on any atom is 0.220 e. The van der Waals surface area contributed by atoms with Crippen LogP contribution in [0.1, 0.15) is 58.3 Å². The predicted octanol–water partition coefficient (Wildman–Crippen LogP) is 3.48. The van der Waals surface area contributed by atoms with Crippen LogP contribution >= 0.6 is 11.6 Å². The van der Waals surface area contributed by atoms with Crippen molar-refractivity contribution in [1.29, 1.82) is 0 Å². The lowest BCUT2D eigenvalue weighted by atomic mass is 9.87. The monoisotopic (exact) mass is 245 g/mol. The number of alkyl halides is 1. The van der Waals surface area contributed by atoms with Gasteiger partial charge in [-0.1, -0.05) is 26.2 Å². The molecule has 1 N–H and O–H groups in total. The fraction of sp³-hybridized carbons (Fsp3) is 0.923. The maximum atomic E-state index is 11.6. The maximum absolute atomic E-state index is 11.6. The Kier molecular flexibility index (Phi) is 6.86. The van der Waals surface area contributed by atoms with E-state index in [1.807, 2.05) is 0 Å². The lowest BCUT2D eigenvalue weighted by molar-refractivity contribution is -0.122. The average Bonchev–Trinajstić information content (AvgIpc) is 2.30. The fourth-order valence-electron chi connectivity index (χ4n) is 2.30. The molecule has 2 nitrogen and oxygen atoms in total. The number of hydrogen-bond acceptors (Lipinski definition) is 1. The van der Waals surface area contributed by atoms with E-state index in [1.165, 1.54) is 32.1 Å². The van der Waals surface area contributed by atoms with E-state index < -0.39 is 0 Å². The van der Waals surface area contributed by atoms with Gasteiger partial charge in [0.05, 0.1) is 0 Å². The van der Waals surface area contributed by atoms with Crippen LogP contribution in [0.2, 0.25) is 0 Å². The summed E-state index contributed by atoms with van der Waals surface area (Å²) in [4.78, 5) is 11.6. The average molecular weight is 246 g/mol. The smallest absolute Gasteiger partial charge is 0.220 e. The Morgan fingerprint density at radius 3 is 2.69 bits per heavy atom. The van der Waals surface area contributed by atoms with Crippen LogP contribution in [-0.2, 0) is 4.79 Å². The van der Waals surface area contributed by atoms with Gasteiger partial charge in [-0.05, 0) is 31.6 Å². The normalized spacial score (nSPS) is 19.4. The first-order valence-corrected chi connectivity index (χ1v) is 7.06. The van der Waals surface area contributed by atoms with Crippen LogP contribution < -0.4 is 5.32 Å². The first kappa shape index (κ1) is 13.8. The highest BCUT2D eigenvalue weighted by Crippen LogP contribution is 2.25. The quantitative estimate of drug-likeness (QED) is 0.714. The molecule has 0 aliphatic heterocycles. The summed E-state index contributed by atoms with van der Waals surface area (Å²) in [7, 11) is 0. The molecule has 94 valence electrons. The lowest BCUT2D eigenvalue weighted by Crippen LogP contribution is -2.28. The Hall–Kier alpha value is -0.240. The van der Waals surface area contributed by atoms with Crippen molar-refractivity contribution in [2.24, 2.45) is 5.92 Å². The molecular weight excluding hydrogens is 222 g/mol. The van der Waals surface area contributed by atoms with Gasteiger partial charge in [0.2, 0.25) is 5.91 Å². The minimum absolute atomic E-state index is 0.204. The van der Waals surface area contributed by atoms with Crippen molar-refractivity contribution in [3.05, 3.63) is 0 Å². The standard InChI is InChI=1S/C13H24ClNO/c1-2-12(14)8-9-15-13(16)10-11-6-4-3-5-7-11/h11-12H,2-10H2,1H3,(H,15,16). The van der Waals surface area contributed by atoms with Crippen molar-refractivity contribution in [1.82, 2.24) is 5.32 Å². The van der Waals surface area contributed by atoms with E-state index in [0.717, 1.165) is 25.8 Å². The third kappa shape index (κ3) is 5.74. The zero-order chi connectivity index (χ0) is 11.8. The van der Waals surface area contributed by atoms with Crippen LogP contribution in [0.4, 0.5) is 0 Å². The van der Waals surface area contributed by atoms with Gasteiger partial charge in [-0.2, -0.15) is 0 Å². The van der Waals surface area contributed by atoms with Crippen molar-refractivity contribution in [3.8, 4) is 0 Å². The lowest BCUT2D eigenvalue weighted by Gasteiger charge is -2.20. The van der Waals surface area contributed by atoms with Gasteiger partial charge in [0.1, 0.15) is 0 Å². The molecule has 0 saturated heterocycles. The number of hydrogen-bond donors (Lipinski definition) is 1. The van der Waals surface area contributed by atoms with Gasteiger partial charge < -0.3 is 5.32 Å². The van der Waals surface area contributed by atoms with Crippen LogP contribution in [0.25, 0.3) is 0 Å². The molecule has 1 amide bonds. The van der Waals surface area contributed by atoms with Crippen LogP contribution in [0.5, 0.6) is 0 Å². The number of nitrogens with one attached hydrogen (secondary N) is 1. The highest BCUT2D eigenvalue weighted by Gasteiger charge is 2.16. The number of carbonyl (C=O) groups is 1. The second-order valence-electron chi connectivity index (χ2n) is 4.85. The second kappa shape index (κ2) is 7.94. The van der Waals surface area contributed by atoms with Crippen molar-refractivity contribution in [3.63, 3.8) is 0 Å². The summed E-state index contributed by atoms with van der Waals surface area (Å²) in [5.41, 5.74) is 0. The summed E-state index contributed by atoms with van der Waals surface area (Å²) in [6.45, 7) is 2.80. The molecule has 0 aromatic heterocycles. The van der Waals surface area contributed by atoms with E-state index in [1.54, 1.807) is 0 Å². The molecular formula is C13H24ClNO. The molecule has 1 rings (SSSR count). The third-order valence-corrected chi connectivity index (χ3v) is 3.95. The largest absolute Gasteiger partial charge is 0.356 e. The summed E-state index contributed by atoms with van der Waals surface area (Å²) < 4.78 is 0. The highest BCUT2D eigenvalue weighted by molar-refractivity contribution is 6.20. The van der Waals surface area contributed by atoms with Crippen molar-refractivity contribution in [2.45, 2.75) is 63.7 Å². The number of carbonyl (C=O) groups excluding carboxylic acids is 1. The molecule has 1 aliphatic carbocycles. The number of halogens is 1. The van der Waals surface area contributed by atoms with Crippen molar-refractivity contribution in [2.75, 3.05) is 6.54 Å². The van der Waals surface area contributed by atoms with Gasteiger partial charge in [-0.3, -0.25) is 4.79 Å². The zero-order valence-electron chi connectivity index (χ0n) is 10.3.